The van der Waals surface area contributed by atoms with Crippen LogP contribution in [0.4, 0.5) is 8.78 Å². The van der Waals surface area contributed by atoms with Gasteiger partial charge in [0.2, 0.25) is 5.91 Å². The second-order valence-electron chi connectivity index (χ2n) is 4.73. The average Bonchev–Trinajstić information content (AvgIpc) is 2.88. The van der Waals surface area contributed by atoms with Crippen LogP contribution in [0.2, 0.25) is 0 Å². The molecule has 1 heterocycles. The fraction of sp³-hybridized carbons (Fsp3) is 0.333. The topological polar surface area (TPSA) is 55.1 Å². The van der Waals surface area contributed by atoms with Crippen LogP contribution in [0.3, 0.4) is 0 Å². The number of nitrogens with one attached hydrogen (secondary N) is 1. The number of amides is 1. The van der Waals surface area contributed by atoms with Gasteiger partial charge in [0.05, 0.1) is 17.2 Å². The number of hydrogen-bond acceptors (Lipinski definition) is 4. The molecule has 1 aromatic carbocycles. The number of nitrogens with zero attached hydrogens (tertiary/aromatic N) is 1. The predicted octanol–water partition coefficient (Wildman–Crippen LogP) is 2.85. The van der Waals surface area contributed by atoms with E-state index in [9.17, 15) is 13.6 Å². The molecule has 0 aliphatic rings. The van der Waals surface area contributed by atoms with Crippen LogP contribution in [0.1, 0.15) is 17.0 Å². The Morgan fingerprint density at radius 2 is 2.09 bits per heavy atom. The number of carbonyl (C=O) groups is 1. The van der Waals surface area contributed by atoms with Crippen LogP contribution in [0.5, 0.6) is 0 Å². The molecule has 0 unspecified atom stereocenters. The summed E-state index contributed by atoms with van der Waals surface area (Å²) in [6.45, 7) is 2.02. The summed E-state index contributed by atoms with van der Waals surface area (Å²) in [5.41, 5.74) is 0.791. The zero-order valence-corrected chi connectivity index (χ0v) is 12.9. The normalized spacial score (nSPS) is 10.7. The molecule has 7 heteroatoms. The van der Waals surface area contributed by atoms with Gasteiger partial charge in [-0.1, -0.05) is 11.2 Å². The van der Waals surface area contributed by atoms with Crippen LogP contribution in [0.25, 0.3) is 0 Å². The van der Waals surface area contributed by atoms with Gasteiger partial charge < -0.3 is 9.84 Å². The van der Waals surface area contributed by atoms with Crippen LogP contribution in [0, 0.1) is 18.6 Å². The summed E-state index contributed by atoms with van der Waals surface area (Å²) < 4.78 is 31.8. The second kappa shape index (κ2) is 7.93. The molecular weight excluding hydrogens is 310 g/mol. The number of benzene rings is 1. The maximum Gasteiger partial charge on any atom is 0.230 e. The van der Waals surface area contributed by atoms with E-state index >= 15 is 0 Å². The third-order valence-corrected chi connectivity index (χ3v) is 3.87. The first kappa shape index (κ1) is 16.5. The average molecular weight is 326 g/mol. The minimum atomic E-state index is -0.593. The van der Waals surface area contributed by atoms with Gasteiger partial charge in [-0.2, -0.15) is 0 Å². The van der Waals surface area contributed by atoms with Crippen LogP contribution in [-0.2, 0) is 17.0 Å². The van der Waals surface area contributed by atoms with Gasteiger partial charge in [0, 0.05) is 18.2 Å². The number of hydrogen-bond donors (Lipinski definition) is 1. The lowest BCUT2D eigenvalue weighted by atomic mass is 10.1. The molecule has 118 valence electrons. The molecule has 1 aromatic heterocycles. The monoisotopic (exact) mass is 326 g/mol. The third-order valence-electron chi connectivity index (χ3n) is 2.91. The van der Waals surface area contributed by atoms with Gasteiger partial charge in [0.25, 0.3) is 0 Å². The zero-order chi connectivity index (χ0) is 15.9. The highest BCUT2D eigenvalue weighted by atomic mass is 32.2. The van der Waals surface area contributed by atoms with Crippen molar-refractivity contribution < 1.29 is 18.1 Å². The lowest BCUT2D eigenvalue weighted by molar-refractivity contribution is -0.118. The molecule has 2 aromatic rings. The molecule has 0 radical (unpaired) electrons. The lowest BCUT2D eigenvalue weighted by Gasteiger charge is -2.06. The van der Waals surface area contributed by atoms with Crippen molar-refractivity contribution >= 4 is 17.7 Å². The summed E-state index contributed by atoms with van der Waals surface area (Å²) in [5, 5.41) is 6.39. The number of aryl methyl sites for hydroxylation is 1. The number of thioether (sulfide) groups is 1. The number of aromatic nitrogens is 1. The Labute approximate surface area is 131 Å². The molecule has 0 saturated heterocycles. The van der Waals surface area contributed by atoms with Gasteiger partial charge in [-0.15, -0.1) is 11.8 Å². The maximum atomic E-state index is 13.4. The number of rotatable bonds is 7. The van der Waals surface area contributed by atoms with Gasteiger partial charge in [-0.05, 0) is 25.5 Å². The van der Waals surface area contributed by atoms with E-state index in [2.05, 4.69) is 10.5 Å². The summed E-state index contributed by atoms with van der Waals surface area (Å²) in [5.74, 6) is 0.144. The maximum absolute atomic E-state index is 13.4. The fourth-order valence-corrected chi connectivity index (χ4v) is 2.60. The van der Waals surface area contributed by atoms with Crippen molar-refractivity contribution in [2.75, 3.05) is 12.3 Å². The van der Waals surface area contributed by atoms with Crippen molar-refractivity contribution in [2.45, 2.75) is 19.1 Å². The van der Waals surface area contributed by atoms with Crippen molar-refractivity contribution in [3.8, 4) is 0 Å². The van der Waals surface area contributed by atoms with E-state index < -0.39 is 11.6 Å². The Hall–Kier alpha value is -1.89. The molecule has 0 saturated carbocycles. The van der Waals surface area contributed by atoms with E-state index in [4.69, 9.17) is 4.52 Å². The van der Waals surface area contributed by atoms with Crippen molar-refractivity contribution in [3.63, 3.8) is 0 Å². The van der Waals surface area contributed by atoms with Gasteiger partial charge >= 0.3 is 0 Å². The molecule has 0 spiro atoms. The van der Waals surface area contributed by atoms with Gasteiger partial charge in [0.15, 0.2) is 0 Å². The zero-order valence-electron chi connectivity index (χ0n) is 12.1. The largest absolute Gasteiger partial charge is 0.360 e. The molecule has 0 fully saturated rings. The molecule has 1 N–H and O–H groups in total. The standard InChI is InChI=1S/C15H16F2N2O2S/c1-10-7-11(21-19-10)8-22-9-15(20)18-6-5-12-13(16)3-2-4-14(12)17/h2-4,7H,5-6,8-9H2,1H3,(H,18,20). The highest BCUT2D eigenvalue weighted by molar-refractivity contribution is 7.99. The number of carbonyl (C=O) groups excluding carboxylic acids is 1. The van der Waals surface area contributed by atoms with E-state index in [0.717, 1.165) is 5.69 Å². The molecule has 1 amide bonds. The van der Waals surface area contributed by atoms with E-state index in [-0.39, 0.29) is 30.2 Å². The van der Waals surface area contributed by atoms with Crippen LogP contribution < -0.4 is 5.32 Å². The molecule has 0 atom stereocenters. The summed E-state index contributed by atoms with van der Waals surface area (Å²) in [6, 6.07) is 5.53. The van der Waals surface area contributed by atoms with Crippen LogP contribution >= 0.6 is 11.8 Å². The Morgan fingerprint density at radius 3 is 2.73 bits per heavy atom. The van der Waals surface area contributed by atoms with Gasteiger partial charge in [-0.3, -0.25) is 4.79 Å². The van der Waals surface area contributed by atoms with E-state index in [0.29, 0.717) is 11.5 Å². The first-order valence-electron chi connectivity index (χ1n) is 6.76. The van der Waals surface area contributed by atoms with E-state index in [1.54, 1.807) is 0 Å². The molecular formula is C15H16F2N2O2S. The van der Waals surface area contributed by atoms with Crippen molar-refractivity contribution in [1.82, 2.24) is 10.5 Å². The van der Waals surface area contributed by atoms with Gasteiger partial charge in [-0.25, -0.2) is 8.78 Å². The summed E-state index contributed by atoms with van der Waals surface area (Å²) >= 11 is 1.39. The predicted molar refractivity (Wildman–Crippen MR) is 80.5 cm³/mol. The SMILES string of the molecule is Cc1cc(CSCC(=O)NCCc2c(F)cccc2F)on1. The molecule has 4 nitrogen and oxygen atoms in total. The number of halogens is 2. The van der Waals surface area contributed by atoms with E-state index in [1.165, 1.54) is 30.0 Å². The lowest BCUT2D eigenvalue weighted by Crippen LogP contribution is -2.27. The Balaban J connectivity index is 1.67. The highest BCUT2D eigenvalue weighted by Gasteiger charge is 2.09. The first-order chi connectivity index (χ1) is 10.6. The Kier molecular flexibility index (Phi) is 5.94. The van der Waals surface area contributed by atoms with Crippen LogP contribution in [0.15, 0.2) is 28.8 Å². The minimum absolute atomic E-state index is 0.00686. The smallest absolute Gasteiger partial charge is 0.230 e. The van der Waals surface area contributed by atoms with Crippen molar-refractivity contribution in [3.05, 3.63) is 52.9 Å². The molecule has 0 aliphatic heterocycles. The van der Waals surface area contributed by atoms with Crippen molar-refractivity contribution in [2.24, 2.45) is 0 Å². The fourth-order valence-electron chi connectivity index (χ4n) is 1.88. The molecule has 0 bridgehead atoms. The highest BCUT2D eigenvalue weighted by Crippen LogP contribution is 2.13. The quantitative estimate of drug-likeness (QED) is 0.850. The van der Waals surface area contributed by atoms with Crippen LogP contribution in [-0.4, -0.2) is 23.4 Å². The summed E-state index contributed by atoms with van der Waals surface area (Å²) in [4.78, 5) is 11.6. The van der Waals surface area contributed by atoms with E-state index in [1.807, 2.05) is 13.0 Å². The second-order valence-corrected chi connectivity index (χ2v) is 5.71. The third kappa shape index (κ3) is 4.84. The van der Waals surface area contributed by atoms with Crippen molar-refractivity contribution in [1.29, 1.82) is 0 Å². The Bertz CT molecular complexity index is 626. The minimum Gasteiger partial charge on any atom is -0.360 e. The molecule has 0 aliphatic carbocycles. The summed E-state index contributed by atoms with van der Waals surface area (Å²) in [7, 11) is 0. The molecule has 2 rings (SSSR count). The molecule has 22 heavy (non-hydrogen) atoms. The Morgan fingerprint density at radius 1 is 1.36 bits per heavy atom. The summed E-state index contributed by atoms with van der Waals surface area (Å²) in [6.07, 6.45) is 0.121. The van der Waals surface area contributed by atoms with Gasteiger partial charge in [0.1, 0.15) is 17.4 Å². The first-order valence-corrected chi connectivity index (χ1v) is 7.91.